The molecule has 0 saturated carbocycles. The zero-order valence-electron chi connectivity index (χ0n) is 13.5. The summed E-state index contributed by atoms with van der Waals surface area (Å²) in [6.07, 6.45) is -1.05. The van der Waals surface area contributed by atoms with Gasteiger partial charge in [-0.2, -0.15) is 4.68 Å². The minimum Gasteiger partial charge on any atom is -0.491 e. The van der Waals surface area contributed by atoms with Crippen molar-refractivity contribution in [2.75, 3.05) is 6.61 Å². The molecule has 26 heavy (non-hydrogen) atoms. The van der Waals surface area contributed by atoms with Gasteiger partial charge in [0.2, 0.25) is 5.89 Å². The Bertz CT molecular complexity index is 950. The molecule has 0 aliphatic rings. The molecule has 0 saturated heterocycles. The number of benzene rings is 2. The van der Waals surface area contributed by atoms with Gasteiger partial charge in [-0.25, -0.2) is 4.79 Å². The molecule has 1 N–H and O–H groups in total. The zero-order valence-corrected chi connectivity index (χ0v) is 13.5. The van der Waals surface area contributed by atoms with Crippen LogP contribution in [0.15, 0.2) is 63.8 Å². The van der Waals surface area contributed by atoms with Crippen molar-refractivity contribution in [1.82, 2.24) is 9.78 Å². The summed E-state index contributed by atoms with van der Waals surface area (Å²) in [5.74, 6) is -0.295. The highest BCUT2D eigenvalue weighted by molar-refractivity contribution is 5.51. The van der Waals surface area contributed by atoms with Gasteiger partial charge >= 0.3 is 5.76 Å². The third-order valence-electron chi connectivity index (χ3n) is 3.48. The second-order valence-electron chi connectivity index (χ2n) is 5.44. The molecule has 3 rings (SSSR count). The number of nitrogens with zero attached hydrogens (tertiary/aromatic N) is 3. The third-order valence-corrected chi connectivity index (χ3v) is 3.48. The number of hydrogen-bond acceptors (Lipinski definition) is 7. The van der Waals surface area contributed by atoms with E-state index in [1.807, 2.05) is 6.07 Å². The maximum Gasteiger partial charge on any atom is 0.437 e. The smallest absolute Gasteiger partial charge is 0.437 e. The fourth-order valence-electron chi connectivity index (χ4n) is 2.25. The first-order valence-corrected chi connectivity index (χ1v) is 7.71. The maximum atomic E-state index is 11.8. The summed E-state index contributed by atoms with van der Waals surface area (Å²) in [6, 6.07) is 14.5. The van der Waals surface area contributed by atoms with Gasteiger partial charge in [-0.1, -0.05) is 24.3 Å². The van der Waals surface area contributed by atoms with Crippen LogP contribution in [0, 0.1) is 10.1 Å². The Morgan fingerprint density at radius 3 is 2.73 bits per heavy atom. The quantitative estimate of drug-likeness (QED) is 0.506. The molecule has 2 aromatic carbocycles. The summed E-state index contributed by atoms with van der Waals surface area (Å²) >= 11 is 0. The van der Waals surface area contributed by atoms with E-state index >= 15 is 0 Å². The van der Waals surface area contributed by atoms with Crippen molar-refractivity contribution < 1.29 is 19.2 Å². The number of ether oxygens (including phenoxy) is 1. The number of aliphatic hydroxyl groups excluding tert-OH is 1. The molecule has 9 nitrogen and oxygen atoms in total. The highest BCUT2D eigenvalue weighted by Crippen LogP contribution is 2.19. The van der Waals surface area contributed by atoms with Gasteiger partial charge in [-0.05, 0) is 18.2 Å². The monoisotopic (exact) mass is 357 g/mol. The Morgan fingerprint density at radius 1 is 1.23 bits per heavy atom. The molecular formula is C17H15N3O6. The average Bonchev–Trinajstić information content (AvgIpc) is 3.01. The number of non-ortho nitro benzene ring substituents is 1. The minimum atomic E-state index is -1.05. The summed E-state index contributed by atoms with van der Waals surface area (Å²) in [4.78, 5) is 22.0. The lowest BCUT2D eigenvalue weighted by molar-refractivity contribution is -0.384. The lowest BCUT2D eigenvalue weighted by Gasteiger charge is -2.11. The Kier molecular flexibility index (Phi) is 5.09. The number of rotatable bonds is 7. The van der Waals surface area contributed by atoms with E-state index in [4.69, 9.17) is 9.15 Å². The summed E-state index contributed by atoms with van der Waals surface area (Å²) < 4.78 is 11.4. The molecule has 0 spiro atoms. The van der Waals surface area contributed by atoms with Gasteiger partial charge in [0, 0.05) is 11.6 Å². The first kappa shape index (κ1) is 17.4. The van der Waals surface area contributed by atoms with Gasteiger partial charge in [-0.15, -0.1) is 5.10 Å². The van der Waals surface area contributed by atoms with Crippen LogP contribution in [0.2, 0.25) is 0 Å². The normalized spacial score (nSPS) is 11.9. The molecule has 134 valence electrons. The van der Waals surface area contributed by atoms with Crippen molar-refractivity contribution in [1.29, 1.82) is 0 Å². The van der Waals surface area contributed by atoms with Crippen LogP contribution >= 0.6 is 0 Å². The first-order valence-electron chi connectivity index (χ1n) is 7.71. The second-order valence-corrected chi connectivity index (χ2v) is 5.44. The van der Waals surface area contributed by atoms with Crippen molar-refractivity contribution in [2.45, 2.75) is 12.6 Å². The largest absolute Gasteiger partial charge is 0.491 e. The van der Waals surface area contributed by atoms with Crippen LogP contribution in [0.5, 0.6) is 5.75 Å². The van der Waals surface area contributed by atoms with E-state index in [1.54, 1.807) is 24.3 Å². The van der Waals surface area contributed by atoms with Crippen LogP contribution < -0.4 is 10.5 Å². The molecule has 1 atom stereocenters. The van der Waals surface area contributed by atoms with E-state index in [2.05, 4.69) is 5.10 Å². The fraction of sp³-hybridized carbons (Fsp3) is 0.176. The fourth-order valence-corrected chi connectivity index (χ4v) is 2.25. The van der Waals surface area contributed by atoms with Crippen LogP contribution in [0.4, 0.5) is 5.69 Å². The van der Waals surface area contributed by atoms with Crippen LogP contribution in [-0.2, 0) is 6.54 Å². The molecule has 3 aromatic rings. The number of nitro benzene ring substituents is 1. The molecule has 1 unspecified atom stereocenters. The molecule has 0 aliphatic carbocycles. The van der Waals surface area contributed by atoms with E-state index < -0.39 is 16.8 Å². The Labute approximate surface area is 147 Å². The average molecular weight is 357 g/mol. The predicted molar refractivity (Wildman–Crippen MR) is 90.8 cm³/mol. The van der Waals surface area contributed by atoms with Crippen LogP contribution in [0.25, 0.3) is 11.5 Å². The topological polar surface area (TPSA) is 121 Å². The second kappa shape index (κ2) is 7.62. The standard InChI is InChI=1S/C17H15N3O6/c21-14(11-25-15-8-4-7-13(9-15)20(23)24)10-19-17(22)26-16(18-19)12-5-2-1-3-6-12/h1-9,14,21H,10-11H2. The van der Waals surface area contributed by atoms with Crippen molar-refractivity contribution in [3.63, 3.8) is 0 Å². The van der Waals surface area contributed by atoms with E-state index in [0.29, 0.717) is 5.56 Å². The van der Waals surface area contributed by atoms with E-state index in [0.717, 1.165) is 4.68 Å². The highest BCUT2D eigenvalue weighted by Gasteiger charge is 2.15. The summed E-state index contributed by atoms with van der Waals surface area (Å²) in [5, 5.41) is 24.8. The van der Waals surface area contributed by atoms with Gasteiger partial charge in [-0.3, -0.25) is 10.1 Å². The van der Waals surface area contributed by atoms with Crippen LogP contribution in [0.3, 0.4) is 0 Å². The molecule has 0 amide bonds. The van der Waals surface area contributed by atoms with Gasteiger partial charge in [0.25, 0.3) is 5.69 Å². The lowest BCUT2D eigenvalue weighted by Crippen LogP contribution is -2.29. The lowest BCUT2D eigenvalue weighted by atomic mass is 10.2. The van der Waals surface area contributed by atoms with Gasteiger partial charge in [0.15, 0.2) is 0 Å². The van der Waals surface area contributed by atoms with Gasteiger partial charge in [0.1, 0.15) is 18.5 Å². The predicted octanol–water partition coefficient (Wildman–Crippen LogP) is 1.85. The number of aromatic nitrogens is 2. The Hall–Kier alpha value is -3.46. The molecule has 0 bridgehead atoms. The van der Waals surface area contributed by atoms with Gasteiger partial charge in [0.05, 0.1) is 17.5 Å². The van der Waals surface area contributed by atoms with Crippen molar-refractivity contribution >= 4 is 5.69 Å². The number of nitro groups is 1. The van der Waals surface area contributed by atoms with E-state index in [1.165, 1.54) is 24.3 Å². The SMILES string of the molecule is O=c1oc(-c2ccccc2)nn1CC(O)COc1cccc([N+](=O)[O-])c1. The maximum absolute atomic E-state index is 11.8. The Morgan fingerprint density at radius 2 is 2.00 bits per heavy atom. The van der Waals surface area contributed by atoms with Crippen molar-refractivity contribution in [3.8, 4) is 17.2 Å². The highest BCUT2D eigenvalue weighted by atomic mass is 16.6. The molecule has 0 radical (unpaired) electrons. The van der Waals surface area contributed by atoms with Crippen LogP contribution in [0.1, 0.15) is 0 Å². The summed E-state index contributed by atoms with van der Waals surface area (Å²) in [7, 11) is 0. The molecule has 0 fully saturated rings. The number of aliphatic hydroxyl groups is 1. The molecule has 1 aromatic heterocycles. The van der Waals surface area contributed by atoms with Crippen molar-refractivity contribution in [2.24, 2.45) is 0 Å². The first-order chi connectivity index (χ1) is 12.5. The zero-order chi connectivity index (χ0) is 18.5. The molecule has 0 aliphatic heterocycles. The summed E-state index contributed by atoms with van der Waals surface area (Å²) in [6.45, 7) is -0.300. The number of hydrogen-bond donors (Lipinski definition) is 1. The van der Waals surface area contributed by atoms with Crippen molar-refractivity contribution in [3.05, 3.63) is 75.3 Å². The molecule has 9 heteroatoms. The molecule has 1 heterocycles. The third kappa shape index (κ3) is 4.14. The molecular weight excluding hydrogens is 342 g/mol. The summed E-state index contributed by atoms with van der Waals surface area (Å²) in [5.41, 5.74) is 0.530. The Balaban J connectivity index is 1.63. The minimum absolute atomic E-state index is 0.114. The van der Waals surface area contributed by atoms with Crippen LogP contribution in [-0.4, -0.2) is 32.5 Å². The van der Waals surface area contributed by atoms with E-state index in [9.17, 15) is 20.0 Å². The van der Waals surface area contributed by atoms with E-state index in [-0.39, 0.29) is 30.5 Å². The van der Waals surface area contributed by atoms with Gasteiger partial charge < -0.3 is 14.3 Å².